The Morgan fingerprint density at radius 1 is 1.15 bits per heavy atom. The Labute approximate surface area is 171 Å². The van der Waals surface area contributed by atoms with Crippen LogP contribution in [0.1, 0.15) is 23.5 Å². The van der Waals surface area contributed by atoms with Gasteiger partial charge in [-0.2, -0.15) is 5.26 Å². The van der Waals surface area contributed by atoms with E-state index in [-0.39, 0.29) is 11.8 Å². The third-order valence-electron chi connectivity index (χ3n) is 4.97. The highest BCUT2D eigenvalue weighted by Crippen LogP contribution is 2.43. The molecule has 0 saturated carbocycles. The minimum absolute atomic E-state index is 0.0730. The van der Waals surface area contributed by atoms with E-state index in [4.69, 9.17) is 0 Å². The highest BCUT2D eigenvalue weighted by Gasteiger charge is 2.38. The van der Waals surface area contributed by atoms with Crippen molar-refractivity contribution in [2.45, 2.75) is 19.3 Å². The van der Waals surface area contributed by atoms with Crippen molar-refractivity contribution >= 4 is 39.3 Å². The fraction of sp³-hybridized carbons (Fsp3) is 0.238. The van der Waals surface area contributed by atoms with Crippen LogP contribution in [0.3, 0.4) is 0 Å². The average molecular weight is 440 g/mol. The van der Waals surface area contributed by atoms with Crippen LogP contribution in [-0.2, 0) is 4.79 Å². The summed E-state index contributed by atoms with van der Waals surface area (Å²) in [4.78, 5) is 16.8. The zero-order valence-electron chi connectivity index (χ0n) is 14.9. The van der Waals surface area contributed by atoms with Crippen LogP contribution in [0.15, 0.2) is 63.6 Å². The number of aryl methyl sites for hydroxylation is 1. The number of carbonyl (C=O) groups is 1. The van der Waals surface area contributed by atoms with Crippen LogP contribution in [0.25, 0.3) is 0 Å². The summed E-state index contributed by atoms with van der Waals surface area (Å²) in [5.41, 5.74) is 3.98. The van der Waals surface area contributed by atoms with Gasteiger partial charge in [0.1, 0.15) is 0 Å². The molecular formula is C21H18BrN3OS. The van der Waals surface area contributed by atoms with E-state index in [1.807, 2.05) is 55.5 Å². The van der Waals surface area contributed by atoms with Gasteiger partial charge in [-0.05, 0) is 36.8 Å². The highest BCUT2D eigenvalue weighted by molar-refractivity contribution is 9.10. The van der Waals surface area contributed by atoms with Crippen LogP contribution in [0, 0.1) is 18.3 Å². The molecule has 0 aliphatic carbocycles. The number of anilines is 1. The van der Waals surface area contributed by atoms with E-state index in [1.54, 1.807) is 16.7 Å². The minimum Gasteiger partial charge on any atom is -0.344 e. The second-order valence-corrected chi connectivity index (χ2v) is 8.60. The molecule has 27 heavy (non-hydrogen) atoms. The third-order valence-corrected chi connectivity index (χ3v) is 6.65. The minimum atomic E-state index is -0.152. The smallest absolute Gasteiger partial charge is 0.229 e. The van der Waals surface area contributed by atoms with Crippen LogP contribution in [-0.4, -0.2) is 23.4 Å². The Kier molecular flexibility index (Phi) is 4.98. The summed E-state index contributed by atoms with van der Waals surface area (Å²) in [6.07, 6.45) is 0.337. The van der Waals surface area contributed by atoms with Gasteiger partial charge in [0.2, 0.25) is 5.91 Å². The third kappa shape index (κ3) is 3.50. The molecule has 0 radical (unpaired) electrons. The Morgan fingerprint density at radius 2 is 1.85 bits per heavy atom. The number of benzene rings is 2. The maximum Gasteiger partial charge on any atom is 0.229 e. The van der Waals surface area contributed by atoms with Gasteiger partial charge in [-0.15, -0.1) is 0 Å². The first-order chi connectivity index (χ1) is 13.1. The number of halogens is 1. The first-order valence-electron chi connectivity index (χ1n) is 8.71. The van der Waals surface area contributed by atoms with Crippen LogP contribution in [0.5, 0.6) is 0 Å². The number of rotatable bonds is 2. The number of hydrogen-bond donors (Lipinski definition) is 0. The topological polar surface area (TPSA) is 47.3 Å². The van der Waals surface area contributed by atoms with Crippen molar-refractivity contribution in [3.05, 3.63) is 74.7 Å². The summed E-state index contributed by atoms with van der Waals surface area (Å²) in [6.45, 7) is 2.52. The van der Waals surface area contributed by atoms with Crippen LogP contribution >= 0.6 is 27.7 Å². The summed E-state index contributed by atoms with van der Waals surface area (Å²) >= 11 is 5.02. The van der Waals surface area contributed by atoms with Crippen molar-refractivity contribution in [2.75, 3.05) is 17.4 Å². The Hall–Kier alpha value is -2.23. The summed E-state index contributed by atoms with van der Waals surface area (Å²) in [6, 6.07) is 18.6. The Balaban J connectivity index is 1.65. The largest absolute Gasteiger partial charge is 0.344 e. The highest BCUT2D eigenvalue weighted by atomic mass is 79.9. The van der Waals surface area contributed by atoms with Crippen molar-refractivity contribution in [3.63, 3.8) is 0 Å². The summed E-state index contributed by atoms with van der Waals surface area (Å²) in [7, 11) is 0. The molecule has 0 N–H and O–H groups in total. The van der Waals surface area contributed by atoms with E-state index in [0.29, 0.717) is 24.5 Å². The molecule has 1 unspecified atom stereocenters. The first kappa shape index (κ1) is 18.1. The molecule has 4 nitrogen and oxygen atoms in total. The quantitative estimate of drug-likeness (QED) is 0.661. The number of thioether (sulfide) groups is 1. The molecule has 0 bridgehead atoms. The molecule has 0 spiro atoms. The fourth-order valence-electron chi connectivity index (χ4n) is 3.46. The molecule has 1 atom stereocenters. The van der Waals surface area contributed by atoms with Crippen molar-refractivity contribution < 1.29 is 4.79 Å². The number of allylic oxidation sites excluding steroid dienone is 1. The van der Waals surface area contributed by atoms with Crippen molar-refractivity contribution in [1.82, 2.24) is 4.90 Å². The normalized spacial score (nSPS) is 19.7. The fourth-order valence-corrected chi connectivity index (χ4v) is 4.89. The van der Waals surface area contributed by atoms with Gasteiger partial charge in [-0.25, -0.2) is 0 Å². The molecule has 4 rings (SSSR count). The van der Waals surface area contributed by atoms with Crippen LogP contribution < -0.4 is 4.90 Å². The molecule has 2 aliphatic rings. The van der Waals surface area contributed by atoms with Crippen molar-refractivity contribution in [3.8, 4) is 6.07 Å². The molecule has 1 amide bonds. The Bertz CT molecular complexity index is 947. The number of hydrogen-bond acceptors (Lipinski definition) is 4. The van der Waals surface area contributed by atoms with Gasteiger partial charge in [-0.1, -0.05) is 57.5 Å². The lowest BCUT2D eigenvalue weighted by atomic mass is 9.86. The van der Waals surface area contributed by atoms with E-state index < -0.39 is 0 Å². The van der Waals surface area contributed by atoms with Gasteiger partial charge < -0.3 is 4.90 Å². The van der Waals surface area contributed by atoms with Gasteiger partial charge in [0.05, 0.1) is 29.2 Å². The number of fused-ring (bicyclic) bond motifs is 1. The van der Waals surface area contributed by atoms with Crippen molar-refractivity contribution in [2.24, 2.45) is 0 Å². The predicted octanol–water partition coefficient (Wildman–Crippen LogP) is 4.98. The van der Waals surface area contributed by atoms with Gasteiger partial charge in [-0.3, -0.25) is 9.69 Å². The molecule has 0 aromatic heterocycles. The lowest BCUT2D eigenvalue weighted by Crippen LogP contribution is -2.47. The van der Waals surface area contributed by atoms with Gasteiger partial charge in [0.15, 0.2) is 0 Å². The standard InChI is InChI=1S/C21H18BrN3OS/c1-14-2-4-15(5-3-14)18-10-20(26)25-12-24(13-27-21(25)19(18)11-23)17-8-6-16(22)7-9-17/h2-9,18H,10,12-13H2,1H3. The molecule has 2 aromatic rings. The molecule has 136 valence electrons. The molecular weight excluding hydrogens is 422 g/mol. The number of carbonyl (C=O) groups excluding carboxylic acids is 1. The molecule has 2 aromatic carbocycles. The second kappa shape index (κ2) is 7.41. The summed E-state index contributed by atoms with van der Waals surface area (Å²) < 4.78 is 1.03. The van der Waals surface area contributed by atoms with Gasteiger partial charge in [0.25, 0.3) is 0 Å². The van der Waals surface area contributed by atoms with E-state index in [1.165, 1.54) is 5.56 Å². The van der Waals surface area contributed by atoms with Crippen LogP contribution in [0.4, 0.5) is 5.69 Å². The number of nitriles is 1. The SMILES string of the molecule is Cc1ccc(C2CC(=O)N3CN(c4ccc(Br)cc4)CSC3=C2C#N)cc1. The zero-order valence-corrected chi connectivity index (χ0v) is 17.3. The van der Waals surface area contributed by atoms with Gasteiger partial charge in [0, 0.05) is 22.5 Å². The predicted molar refractivity (Wildman–Crippen MR) is 112 cm³/mol. The number of amides is 1. The van der Waals surface area contributed by atoms with E-state index in [0.717, 1.165) is 20.8 Å². The van der Waals surface area contributed by atoms with Crippen molar-refractivity contribution in [1.29, 1.82) is 5.26 Å². The molecule has 2 heterocycles. The van der Waals surface area contributed by atoms with E-state index >= 15 is 0 Å². The molecule has 6 heteroatoms. The number of nitrogens with zero attached hydrogens (tertiary/aromatic N) is 3. The summed E-state index contributed by atoms with van der Waals surface area (Å²) in [5.74, 6) is 0.636. The summed E-state index contributed by atoms with van der Waals surface area (Å²) in [5, 5.41) is 10.7. The molecule has 1 saturated heterocycles. The second-order valence-electron chi connectivity index (χ2n) is 6.75. The van der Waals surface area contributed by atoms with E-state index in [2.05, 4.69) is 26.9 Å². The average Bonchev–Trinajstić information content (AvgIpc) is 2.69. The Morgan fingerprint density at radius 3 is 2.52 bits per heavy atom. The molecule has 2 aliphatic heterocycles. The lowest BCUT2D eigenvalue weighted by Gasteiger charge is -2.42. The van der Waals surface area contributed by atoms with Crippen LogP contribution in [0.2, 0.25) is 0 Å². The van der Waals surface area contributed by atoms with Gasteiger partial charge >= 0.3 is 0 Å². The van der Waals surface area contributed by atoms with E-state index in [9.17, 15) is 10.1 Å². The maximum atomic E-state index is 12.9. The monoisotopic (exact) mass is 439 g/mol. The zero-order chi connectivity index (χ0) is 19.0. The first-order valence-corrected chi connectivity index (χ1v) is 10.5. The lowest BCUT2D eigenvalue weighted by molar-refractivity contribution is -0.129. The maximum absolute atomic E-state index is 12.9. The molecule has 1 fully saturated rings.